The quantitative estimate of drug-likeness (QED) is 0.863. The first-order chi connectivity index (χ1) is 8.36. The number of nitrogens with one attached hydrogen (secondary N) is 1. The first-order valence-electron chi connectivity index (χ1n) is 6.37. The fourth-order valence-corrected chi connectivity index (χ4v) is 3.03. The van der Waals surface area contributed by atoms with Crippen LogP contribution in [-0.4, -0.2) is 42.2 Å². The molecule has 1 aromatic heterocycles. The molecule has 92 valence electrons. The summed E-state index contributed by atoms with van der Waals surface area (Å²) in [5.74, 6) is 1.77. The molecule has 2 aliphatic rings. The maximum atomic E-state index is 5.11. The topological polar surface area (TPSA) is 37.4 Å². The minimum Gasteiger partial charge on any atom is -0.495 e. The molecule has 0 saturated carbocycles. The molecule has 4 heteroatoms. The van der Waals surface area contributed by atoms with Crippen LogP contribution in [0.2, 0.25) is 0 Å². The van der Waals surface area contributed by atoms with E-state index in [1.165, 1.54) is 32.4 Å². The van der Waals surface area contributed by atoms with Crippen molar-refractivity contribution < 1.29 is 4.74 Å². The van der Waals surface area contributed by atoms with E-state index in [0.29, 0.717) is 6.04 Å². The molecule has 0 radical (unpaired) electrons. The Bertz CT molecular complexity index is 379. The van der Waals surface area contributed by atoms with Crippen molar-refractivity contribution >= 4 is 5.82 Å². The highest BCUT2D eigenvalue weighted by Crippen LogP contribution is 2.29. The van der Waals surface area contributed by atoms with Crippen LogP contribution in [0.5, 0.6) is 5.75 Å². The lowest BCUT2D eigenvalue weighted by molar-refractivity contribution is 0.318. The van der Waals surface area contributed by atoms with Gasteiger partial charge in [0.05, 0.1) is 13.3 Å². The summed E-state index contributed by atoms with van der Waals surface area (Å²) in [5.41, 5.74) is 0. The summed E-state index contributed by atoms with van der Waals surface area (Å²) >= 11 is 0. The Morgan fingerprint density at radius 2 is 2.29 bits per heavy atom. The van der Waals surface area contributed by atoms with E-state index in [0.717, 1.165) is 17.6 Å². The number of hydrogen-bond donors (Lipinski definition) is 1. The summed E-state index contributed by atoms with van der Waals surface area (Å²) in [6, 6.07) is 5.24. The fraction of sp³-hybridized carbons (Fsp3) is 0.615. The van der Waals surface area contributed by atoms with Crippen molar-refractivity contribution in [2.75, 3.05) is 25.5 Å². The van der Waals surface area contributed by atoms with Crippen molar-refractivity contribution in [3.05, 3.63) is 18.3 Å². The molecule has 3 heterocycles. The molecule has 2 aliphatic heterocycles. The zero-order valence-electron chi connectivity index (χ0n) is 10.2. The van der Waals surface area contributed by atoms with Crippen molar-refractivity contribution in [1.82, 2.24) is 9.88 Å². The van der Waals surface area contributed by atoms with E-state index >= 15 is 0 Å². The van der Waals surface area contributed by atoms with Crippen LogP contribution in [0.25, 0.3) is 0 Å². The average Bonchev–Trinajstić information content (AvgIpc) is 2.95. The van der Waals surface area contributed by atoms with Crippen LogP contribution >= 0.6 is 0 Å². The van der Waals surface area contributed by atoms with Gasteiger partial charge in [-0.1, -0.05) is 0 Å². The van der Waals surface area contributed by atoms with E-state index in [4.69, 9.17) is 4.74 Å². The highest BCUT2D eigenvalue weighted by atomic mass is 16.5. The minimum atomic E-state index is 0.568. The van der Waals surface area contributed by atoms with Crippen molar-refractivity contribution in [2.45, 2.75) is 31.3 Å². The fourth-order valence-electron chi connectivity index (χ4n) is 3.03. The largest absolute Gasteiger partial charge is 0.495 e. The average molecular weight is 233 g/mol. The molecule has 0 bridgehead atoms. The first-order valence-corrected chi connectivity index (χ1v) is 6.37. The van der Waals surface area contributed by atoms with Gasteiger partial charge < -0.3 is 10.1 Å². The van der Waals surface area contributed by atoms with Crippen LogP contribution in [0.15, 0.2) is 18.3 Å². The Morgan fingerprint density at radius 3 is 3.06 bits per heavy atom. The van der Waals surface area contributed by atoms with Gasteiger partial charge in [-0.2, -0.15) is 0 Å². The highest BCUT2D eigenvalue weighted by molar-refractivity contribution is 5.39. The third kappa shape index (κ3) is 2.09. The number of methoxy groups -OCH3 is 1. The predicted molar refractivity (Wildman–Crippen MR) is 67.4 cm³/mol. The van der Waals surface area contributed by atoms with Gasteiger partial charge in [-0.15, -0.1) is 0 Å². The summed E-state index contributed by atoms with van der Waals surface area (Å²) in [7, 11) is 1.66. The van der Waals surface area contributed by atoms with E-state index in [1.54, 1.807) is 13.3 Å². The number of hydrogen-bond acceptors (Lipinski definition) is 4. The molecule has 0 amide bonds. The number of pyridine rings is 1. The van der Waals surface area contributed by atoms with Crippen molar-refractivity contribution in [3.8, 4) is 5.75 Å². The Kier molecular flexibility index (Phi) is 2.89. The van der Waals surface area contributed by atoms with Crippen molar-refractivity contribution in [3.63, 3.8) is 0 Å². The normalized spacial score (nSPS) is 28.1. The zero-order chi connectivity index (χ0) is 11.7. The monoisotopic (exact) mass is 233 g/mol. The molecule has 1 aromatic rings. The number of ether oxygens (including phenoxy) is 1. The summed E-state index contributed by atoms with van der Waals surface area (Å²) in [4.78, 5) is 6.97. The maximum absolute atomic E-state index is 5.11. The van der Waals surface area contributed by atoms with Gasteiger partial charge in [-0.3, -0.25) is 4.90 Å². The minimum absolute atomic E-state index is 0.568. The summed E-state index contributed by atoms with van der Waals surface area (Å²) in [5, 5.41) is 3.56. The molecular weight excluding hydrogens is 214 g/mol. The molecule has 4 nitrogen and oxygen atoms in total. The van der Waals surface area contributed by atoms with Gasteiger partial charge >= 0.3 is 0 Å². The number of fused-ring (bicyclic) bond motifs is 1. The van der Waals surface area contributed by atoms with Gasteiger partial charge in [0.15, 0.2) is 0 Å². The molecule has 2 unspecified atom stereocenters. The Hall–Kier alpha value is -1.29. The van der Waals surface area contributed by atoms with E-state index in [1.807, 2.05) is 12.1 Å². The zero-order valence-corrected chi connectivity index (χ0v) is 10.2. The molecular formula is C13H19N3O. The van der Waals surface area contributed by atoms with Crippen LogP contribution in [0.4, 0.5) is 5.82 Å². The molecule has 0 spiro atoms. The third-order valence-electron chi connectivity index (χ3n) is 3.91. The highest BCUT2D eigenvalue weighted by Gasteiger charge is 2.37. The molecule has 3 rings (SSSR count). The Labute approximate surface area is 102 Å². The number of aromatic nitrogens is 1. The second-order valence-corrected chi connectivity index (χ2v) is 4.87. The van der Waals surface area contributed by atoms with Gasteiger partial charge in [0.25, 0.3) is 0 Å². The molecule has 0 aliphatic carbocycles. The van der Waals surface area contributed by atoms with Crippen LogP contribution in [0, 0.1) is 0 Å². The molecule has 17 heavy (non-hydrogen) atoms. The summed E-state index contributed by atoms with van der Waals surface area (Å²) in [6.45, 7) is 2.51. The van der Waals surface area contributed by atoms with Gasteiger partial charge in [-0.05, 0) is 37.9 Å². The standard InChI is InChI=1S/C13H19N3O/c1-17-10-4-5-13(14-9-10)15-11-6-8-16-7-2-3-12(11)16/h4-5,9,11-12H,2-3,6-8H2,1H3,(H,14,15). The first kappa shape index (κ1) is 10.8. The molecule has 2 fully saturated rings. The maximum Gasteiger partial charge on any atom is 0.137 e. The SMILES string of the molecule is COc1ccc(NC2CCN3CCCC23)nc1. The van der Waals surface area contributed by atoms with E-state index < -0.39 is 0 Å². The Balaban J connectivity index is 1.66. The Morgan fingerprint density at radius 1 is 1.35 bits per heavy atom. The number of nitrogens with zero attached hydrogens (tertiary/aromatic N) is 2. The van der Waals surface area contributed by atoms with Gasteiger partial charge in [0.1, 0.15) is 11.6 Å². The molecule has 2 atom stereocenters. The number of anilines is 1. The van der Waals surface area contributed by atoms with Gasteiger partial charge in [0.2, 0.25) is 0 Å². The van der Waals surface area contributed by atoms with Crippen molar-refractivity contribution in [2.24, 2.45) is 0 Å². The van der Waals surface area contributed by atoms with Crippen molar-refractivity contribution in [1.29, 1.82) is 0 Å². The van der Waals surface area contributed by atoms with Gasteiger partial charge in [0, 0.05) is 18.6 Å². The van der Waals surface area contributed by atoms with E-state index in [9.17, 15) is 0 Å². The van der Waals surface area contributed by atoms with Crippen LogP contribution in [0.3, 0.4) is 0 Å². The van der Waals surface area contributed by atoms with Crippen LogP contribution < -0.4 is 10.1 Å². The molecule has 2 saturated heterocycles. The lowest BCUT2D eigenvalue weighted by atomic mass is 10.1. The van der Waals surface area contributed by atoms with Crippen LogP contribution in [-0.2, 0) is 0 Å². The van der Waals surface area contributed by atoms with E-state index in [-0.39, 0.29) is 0 Å². The van der Waals surface area contributed by atoms with E-state index in [2.05, 4.69) is 15.2 Å². The third-order valence-corrected chi connectivity index (χ3v) is 3.91. The number of rotatable bonds is 3. The van der Waals surface area contributed by atoms with Gasteiger partial charge in [-0.25, -0.2) is 4.98 Å². The summed E-state index contributed by atoms with van der Waals surface area (Å²) < 4.78 is 5.11. The smallest absolute Gasteiger partial charge is 0.137 e. The van der Waals surface area contributed by atoms with Crippen LogP contribution in [0.1, 0.15) is 19.3 Å². The molecule has 1 N–H and O–H groups in total. The lowest BCUT2D eigenvalue weighted by Gasteiger charge is -2.21. The second-order valence-electron chi connectivity index (χ2n) is 4.87. The predicted octanol–water partition coefficient (Wildman–Crippen LogP) is 1.74. The summed E-state index contributed by atoms with van der Waals surface area (Å²) in [6.07, 6.45) is 5.68. The molecule has 0 aromatic carbocycles. The lowest BCUT2D eigenvalue weighted by Crippen LogP contribution is -2.33. The second kappa shape index (κ2) is 4.53.